The Balaban J connectivity index is 1.09. The third-order valence-electron chi connectivity index (χ3n) is 12.7. The van der Waals surface area contributed by atoms with Gasteiger partial charge in [-0.3, -0.25) is 9.59 Å². The number of carbonyl (C=O) groups excluding carboxylic acids is 2. The zero-order valence-corrected chi connectivity index (χ0v) is 26.1. The standard InChI is InChI=1S/C34H55N5O3/c1-37-17-5-9-24(37)13-15-35-28-12-11-26-31-33(28)42-30-20-23-8-4-3-7-22(23)19-29(30)39(31)21-27(32(26)40)34(41)36-16-14-25-10-6-18-38(25)2/h21-26,28-31,33,35H,3-20H2,1-2H3,(H,36,41). The van der Waals surface area contributed by atoms with Crippen LogP contribution < -0.4 is 10.6 Å². The van der Waals surface area contributed by atoms with Crippen LogP contribution in [-0.2, 0) is 14.3 Å². The molecule has 10 unspecified atom stereocenters. The number of hydrogen-bond donors (Lipinski definition) is 2. The van der Waals surface area contributed by atoms with Gasteiger partial charge in [0.25, 0.3) is 5.91 Å². The van der Waals surface area contributed by atoms with Crippen molar-refractivity contribution in [1.82, 2.24) is 25.3 Å². The molecule has 7 rings (SSSR count). The van der Waals surface area contributed by atoms with E-state index < -0.39 is 0 Å². The highest BCUT2D eigenvalue weighted by Gasteiger charge is 2.57. The van der Waals surface area contributed by atoms with Crippen molar-refractivity contribution in [2.75, 3.05) is 40.3 Å². The largest absolute Gasteiger partial charge is 0.369 e. The third-order valence-corrected chi connectivity index (χ3v) is 12.7. The Hall–Kier alpha value is -1.48. The quantitative estimate of drug-likeness (QED) is 0.426. The molecule has 3 saturated carbocycles. The summed E-state index contributed by atoms with van der Waals surface area (Å²) in [4.78, 5) is 34.9. The second kappa shape index (κ2) is 12.5. The maximum atomic E-state index is 14.0. The van der Waals surface area contributed by atoms with E-state index in [4.69, 9.17) is 4.74 Å². The third kappa shape index (κ3) is 5.59. The first-order chi connectivity index (χ1) is 20.5. The molecule has 0 radical (unpaired) electrons. The molecule has 3 aliphatic carbocycles. The van der Waals surface area contributed by atoms with Gasteiger partial charge in [-0.25, -0.2) is 0 Å². The average molecular weight is 582 g/mol. The molecule has 2 N–H and O–H groups in total. The SMILES string of the molecule is CN1CCCC1CCNC(=O)C1=CN2C3CC4CCCCC4CC3OC3C(NCCC4CCCN4C)CCC(C1=O)C32. The molecule has 4 aliphatic heterocycles. The van der Waals surface area contributed by atoms with Gasteiger partial charge in [0.1, 0.15) is 0 Å². The van der Waals surface area contributed by atoms with Gasteiger partial charge in [-0.05, 0) is 110 Å². The van der Waals surface area contributed by atoms with Gasteiger partial charge in [0, 0.05) is 36.8 Å². The number of fused-ring (bicyclic) bond motifs is 3. The average Bonchev–Trinajstić information content (AvgIpc) is 3.60. The van der Waals surface area contributed by atoms with Crippen LogP contribution >= 0.6 is 0 Å². The minimum atomic E-state index is -0.161. The van der Waals surface area contributed by atoms with Crippen LogP contribution in [0.4, 0.5) is 0 Å². The first kappa shape index (κ1) is 29.2. The Morgan fingerprint density at radius 2 is 1.57 bits per heavy atom. The number of hydrogen-bond acceptors (Lipinski definition) is 7. The van der Waals surface area contributed by atoms with E-state index in [-0.39, 0.29) is 47.9 Å². The number of nitrogens with one attached hydrogen (secondary N) is 2. The van der Waals surface area contributed by atoms with Gasteiger partial charge in [0.15, 0.2) is 5.78 Å². The fourth-order valence-corrected chi connectivity index (χ4v) is 10.3. The lowest BCUT2D eigenvalue weighted by Gasteiger charge is -2.60. The van der Waals surface area contributed by atoms with E-state index in [9.17, 15) is 9.59 Å². The molecule has 234 valence electrons. The monoisotopic (exact) mass is 581 g/mol. The zero-order valence-electron chi connectivity index (χ0n) is 26.1. The predicted molar refractivity (Wildman–Crippen MR) is 164 cm³/mol. The first-order valence-electron chi connectivity index (χ1n) is 17.6. The Labute approximate surface area is 253 Å². The first-order valence-corrected chi connectivity index (χ1v) is 17.6. The van der Waals surface area contributed by atoms with Gasteiger partial charge in [-0.15, -0.1) is 0 Å². The van der Waals surface area contributed by atoms with Crippen LogP contribution in [0.1, 0.15) is 89.9 Å². The van der Waals surface area contributed by atoms with Crippen molar-refractivity contribution in [3.63, 3.8) is 0 Å². The number of nitrogens with zero attached hydrogens (tertiary/aromatic N) is 3. The highest BCUT2D eigenvalue weighted by atomic mass is 16.5. The van der Waals surface area contributed by atoms with Gasteiger partial charge in [0.2, 0.25) is 0 Å². The van der Waals surface area contributed by atoms with E-state index >= 15 is 0 Å². The van der Waals surface area contributed by atoms with E-state index in [2.05, 4.69) is 39.4 Å². The summed E-state index contributed by atoms with van der Waals surface area (Å²) in [7, 11) is 4.44. The lowest BCUT2D eigenvalue weighted by Crippen LogP contribution is -2.71. The minimum absolute atomic E-state index is 0.00848. The van der Waals surface area contributed by atoms with Crippen molar-refractivity contribution in [1.29, 1.82) is 0 Å². The number of ether oxygens (including phenoxy) is 1. The Morgan fingerprint density at radius 3 is 2.26 bits per heavy atom. The van der Waals surface area contributed by atoms with Crippen LogP contribution in [-0.4, -0.2) is 109 Å². The van der Waals surface area contributed by atoms with Crippen LogP contribution in [0.15, 0.2) is 11.8 Å². The van der Waals surface area contributed by atoms with Crippen molar-refractivity contribution in [3.8, 4) is 0 Å². The number of carbonyl (C=O) groups is 2. The van der Waals surface area contributed by atoms with E-state index in [0.717, 1.165) is 57.0 Å². The number of amides is 1. The van der Waals surface area contributed by atoms with Crippen LogP contribution in [0.3, 0.4) is 0 Å². The number of morpholine rings is 1. The van der Waals surface area contributed by atoms with Crippen molar-refractivity contribution < 1.29 is 14.3 Å². The maximum Gasteiger partial charge on any atom is 0.256 e. The summed E-state index contributed by atoms with van der Waals surface area (Å²) < 4.78 is 7.11. The lowest BCUT2D eigenvalue weighted by molar-refractivity contribution is -0.200. The molecule has 3 saturated heterocycles. The van der Waals surface area contributed by atoms with Crippen molar-refractivity contribution in [3.05, 3.63) is 11.8 Å². The molecule has 0 aromatic carbocycles. The number of rotatable bonds is 8. The van der Waals surface area contributed by atoms with Gasteiger partial charge in [0.05, 0.1) is 29.9 Å². The van der Waals surface area contributed by atoms with E-state index in [1.54, 1.807) is 0 Å². The van der Waals surface area contributed by atoms with E-state index in [0.29, 0.717) is 24.2 Å². The smallest absolute Gasteiger partial charge is 0.256 e. The van der Waals surface area contributed by atoms with Gasteiger partial charge < -0.3 is 30.1 Å². The molecule has 8 heteroatoms. The topological polar surface area (TPSA) is 77.2 Å². The molecule has 1 amide bonds. The van der Waals surface area contributed by atoms with E-state index in [1.165, 1.54) is 64.3 Å². The Bertz CT molecular complexity index is 1030. The van der Waals surface area contributed by atoms with Crippen LogP contribution in [0.5, 0.6) is 0 Å². The fraction of sp³-hybridized carbons (Fsp3) is 0.882. The Morgan fingerprint density at radius 1 is 0.881 bits per heavy atom. The van der Waals surface area contributed by atoms with Crippen molar-refractivity contribution in [2.24, 2.45) is 17.8 Å². The molecule has 42 heavy (non-hydrogen) atoms. The second-order valence-electron chi connectivity index (χ2n) is 15.0. The van der Waals surface area contributed by atoms with Crippen molar-refractivity contribution >= 4 is 11.7 Å². The molecule has 6 fully saturated rings. The van der Waals surface area contributed by atoms with Gasteiger partial charge in [-0.2, -0.15) is 0 Å². The highest BCUT2D eigenvalue weighted by molar-refractivity contribution is 6.20. The summed E-state index contributed by atoms with van der Waals surface area (Å²) in [6.07, 6.45) is 18.8. The number of ketones is 1. The molecule has 7 aliphatic rings. The molecular formula is C34H55N5O3. The Kier molecular flexibility index (Phi) is 8.70. The van der Waals surface area contributed by atoms with Crippen LogP contribution in [0.25, 0.3) is 0 Å². The normalized spacial score (nSPS) is 42.1. The summed E-state index contributed by atoms with van der Waals surface area (Å²) in [5.74, 6) is 1.27. The number of Topliss-reactive ketones (excluding diaryl/α,β-unsaturated/α-hetero) is 1. The highest BCUT2D eigenvalue weighted by Crippen LogP contribution is 2.49. The summed E-state index contributed by atoms with van der Waals surface area (Å²) >= 11 is 0. The van der Waals surface area contributed by atoms with Crippen molar-refractivity contribution in [2.45, 2.75) is 132 Å². The molecule has 4 heterocycles. The van der Waals surface area contributed by atoms with Gasteiger partial charge in [-0.1, -0.05) is 25.7 Å². The zero-order chi connectivity index (χ0) is 28.8. The molecule has 0 spiro atoms. The van der Waals surface area contributed by atoms with Gasteiger partial charge >= 0.3 is 0 Å². The number of likely N-dealkylation sites (tertiary alicyclic amines) is 2. The molecule has 8 nitrogen and oxygen atoms in total. The second-order valence-corrected chi connectivity index (χ2v) is 15.0. The molecule has 0 aromatic heterocycles. The summed E-state index contributed by atoms with van der Waals surface area (Å²) in [5.41, 5.74) is 0.400. The predicted octanol–water partition coefficient (Wildman–Crippen LogP) is 3.31. The molecular weight excluding hydrogens is 526 g/mol. The molecule has 10 atom stereocenters. The molecule has 0 aromatic rings. The lowest BCUT2D eigenvalue weighted by atomic mass is 9.65. The molecule has 0 bridgehead atoms. The fourth-order valence-electron chi connectivity index (χ4n) is 10.3. The summed E-state index contributed by atoms with van der Waals surface area (Å²) in [6, 6.07) is 1.81. The van der Waals surface area contributed by atoms with E-state index in [1.807, 2.05) is 6.20 Å². The maximum absolute atomic E-state index is 14.0. The summed E-state index contributed by atoms with van der Waals surface area (Å²) in [6.45, 7) is 3.99. The minimum Gasteiger partial charge on any atom is -0.369 e. The van der Waals surface area contributed by atoms with Crippen LogP contribution in [0, 0.1) is 17.8 Å². The summed E-state index contributed by atoms with van der Waals surface area (Å²) in [5, 5.41) is 7.08. The van der Waals surface area contributed by atoms with Crippen LogP contribution in [0.2, 0.25) is 0 Å².